The predicted octanol–water partition coefficient (Wildman–Crippen LogP) is 7.11. The fourth-order valence-electron chi connectivity index (χ4n) is 4.60. The van der Waals surface area contributed by atoms with Crippen molar-refractivity contribution in [2.45, 2.75) is 45.3 Å². The zero-order valence-electron chi connectivity index (χ0n) is 20.1. The molecule has 0 unspecified atom stereocenters. The van der Waals surface area contributed by atoms with E-state index < -0.39 is 11.7 Å². The van der Waals surface area contributed by atoms with Gasteiger partial charge in [0.15, 0.2) is 11.5 Å². The van der Waals surface area contributed by atoms with Gasteiger partial charge < -0.3 is 9.88 Å². The van der Waals surface area contributed by atoms with E-state index in [9.17, 15) is 18.4 Å². The minimum Gasteiger partial charge on any atom is -0.368 e. The van der Waals surface area contributed by atoms with Gasteiger partial charge >= 0.3 is 6.18 Å². The van der Waals surface area contributed by atoms with Gasteiger partial charge in [-0.05, 0) is 60.7 Å². The number of alkyl halides is 3. The number of hydrogen-bond donors (Lipinski definition) is 1. The Bertz CT molecular complexity index is 1480. The molecule has 190 valence electrons. The monoisotopic (exact) mass is 568 g/mol. The van der Waals surface area contributed by atoms with E-state index in [1.54, 1.807) is 0 Å². The van der Waals surface area contributed by atoms with Gasteiger partial charge in [-0.1, -0.05) is 47.3 Å². The summed E-state index contributed by atoms with van der Waals surface area (Å²) in [6.45, 7) is 2.91. The Morgan fingerprint density at radius 2 is 1.86 bits per heavy atom. The largest absolute Gasteiger partial charge is 0.416 e. The summed E-state index contributed by atoms with van der Waals surface area (Å²) in [5, 5.41) is 12.9. The van der Waals surface area contributed by atoms with Crippen LogP contribution in [0.25, 0.3) is 22.6 Å². The molecule has 1 aliphatic rings. The molecule has 2 aromatic heterocycles. The Morgan fingerprint density at radius 1 is 1.11 bits per heavy atom. The second kappa shape index (κ2) is 10.1. The van der Waals surface area contributed by atoms with Gasteiger partial charge in [-0.2, -0.15) is 28.4 Å². The van der Waals surface area contributed by atoms with Gasteiger partial charge in [-0.15, -0.1) is 0 Å². The van der Waals surface area contributed by atoms with Crippen molar-refractivity contribution in [3.05, 3.63) is 69.5 Å². The summed E-state index contributed by atoms with van der Waals surface area (Å²) in [5.74, 6) is 1.81. The molecule has 37 heavy (non-hydrogen) atoms. The van der Waals surface area contributed by atoms with Crippen LogP contribution in [0.4, 0.5) is 19.0 Å². The van der Waals surface area contributed by atoms with Crippen molar-refractivity contribution in [1.82, 2.24) is 19.5 Å². The van der Waals surface area contributed by atoms with Gasteiger partial charge in [-0.25, -0.2) is 4.98 Å². The summed E-state index contributed by atoms with van der Waals surface area (Å²) < 4.78 is 42.2. The molecule has 0 radical (unpaired) electrons. The third kappa shape index (κ3) is 5.32. The lowest BCUT2D eigenvalue weighted by Gasteiger charge is -2.25. The number of nitriles is 1. The normalized spacial score (nSPS) is 13.9. The average Bonchev–Trinajstić information content (AvgIpc) is 3.18. The van der Waals surface area contributed by atoms with Gasteiger partial charge in [0.05, 0.1) is 5.56 Å². The van der Waals surface area contributed by atoms with Gasteiger partial charge in [0, 0.05) is 23.1 Å². The van der Waals surface area contributed by atoms with E-state index in [2.05, 4.69) is 31.2 Å². The number of nitrogens with zero attached hydrogens (tertiary/aromatic N) is 5. The van der Waals surface area contributed by atoms with E-state index in [1.807, 2.05) is 35.8 Å². The van der Waals surface area contributed by atoms with Crippen LogP contribution in [0.3, 0.4) is 0 Å². The van der Waals surface area contributed by atoms with Crippen LogP contribution in [0.5, 0.6) is 0 Å². The number of aryl methyl sites for hydroxylation is 1. The molecular formula is C27H24BrF3N6. The van der Waals surface area contributed by atoms with Gasteiger partial charge in [0.1, 0.15) is 17.4 Å². The molecule has 1 fully saturated rings. The fraction of sp³-hybridized carbons (Fsp3) is 0.333. The lowest BCUT2D eigenvalue weighted by atomic mass is 9.83. The number of imidazole rings is 1. The molecule has 10 heteroatoms. The molecule has 0 atom stereocenters. The Kier molecular flexibility index (Phi) is 6.90. The Morgan fingerprint density at radius 3 is 2.49 bits per heavy atom. The molecule has 5 rings (SSSR count). The minimum atomic E-state index is -4.40. The van der Waals surface area contributed by atoms with Crippen molar-refractivity contribution in [3.63, 3.8) is 0 Å². The highest BCUT2D eigenvalue weighted by Gasteiger charge is 2.30. The molecule has 1 saturated carbocycles. The molecule has 2 heterocycles. The maximum absolute atomic E-state index is 13.1. The van der Waals surface area contributed by atoms with Crippen LogP contribution in [-0.4, -0.2) is 26.1 Å². The minimum absolute atomic E-state index is 0.0110. The lowest BCUT2D eigenvalue weighted by molar-refractivity contribution is -0.137. The van der Waals surface area contributed by atoms with Crippen LogP contribution in [0, 0.1) is 24.2 Å². The van der Waals surface area contributed by atoms with E-state index in [1.165, 1.54) is 31.4 Å². The van der Waals surface area contributed by atoms with E-state index >= 15 is 0 Å². The van der Waals surface area contributed by atoms with E-state index in [0.717, 1.165) is 34.2 Å². The Hall–Kier alpha value is -3.45. The first-order valence-electron chi connectivity index (χ1n) is 12.1. The number of anilines is 1. The van der Waals surface area contributed by atoms with E-state index in [4.69, 9.17) is 4.98 Å². The third-order valence-electron chi connectivity index (χ3n) is 6.82. The topological polar surface area (TPSA) is 79.4 Å². The number of hydrogen-bond acceptors (Lipinski definition) is 5. The van der Waals surface area contributed by atoms with Crippen molar-refractivity contribution in [2.24, 2.45) is 5.92 Å². The quantitative estimate of drug-likeness (QED) is 0.257. The SMILES string of the molecule is Cc1cc(Br)ccc1-c1nc2nc(C#N)nc(NCCC3CCC3)c2n1Cc1ccc(C(F)(F)F)cc1. The zero-order valence-corrected chi connectivity index (χ0v) is 21.7. The molecule has 0 amide bonds. The summed E-state index contributed by atoms with van der Waals surface area (Å²) in [6.07, 6.45) is 0.307. The smallest absolute Gasteiger partial charge is 0.368 e. The van der Waals surface area contributed by atoms with Crippen molar-refractivity contribution in [3.8, 4) is 17.5 Å². The standard InChI is InChI=1S/C27H24BrF3N6/c1-16-13-20(28)9-10-21(16)26-36-25-23(37(26)15-18-5-7-19(8-6-18)27(29,30)31)24(34-22(14-32)35-25)33-12-11-17-3-2-4-17/h5-10,13,17H,2-4,11-12,15H2,1H3,(H,33,34,35). The fourth-order valence-corrected chi connectivity index (χ4v) is 5.08. The number of benzene rings is 2. The number of nitrogens with one attached hydrogen (secondary N) is 1. The molecule has 0 aliphatic heterocycles. The number of fused-ring (bicyclic) bond motifs is 1. The first-order chi connectivity index (χ1) is 17.7. The number of halogens is 4. The van der Waals surface area contributed by atoms with Crippen molar-refractivity contribution >= 4 is 32.9 Å². The third-order valence-corrected chi connectivity index (χ3v) is 7.32. The molecule has 0 saturated heterocycles. The maximum Gasteiger partial charge on any atom is 0.416 e. The van der Waals surface area contributed by atoms with Crippen LogP contribution >= 0.6 is 15.9 Å². The number of aromatic nitrogens is 4. The Labute approximate surface area is 220 Å². The van der Waals surface area contributed by atoms with Gasteiger partial charge in [-0.3, -0.25) is 0 Å². The summed E-state index contributed by atoms with van der Waals surface area (Å²) in [6, 6.07) is 13.0. The molecule has 4 aromatic rings. The highest BCUT2D eigenvalue weighted by atomic mass is 79.9. The Balaban J connectivity index is 1.63. The predicted molar refractivity (Wildman–Crippen MR) is 139 cm³/mol. The molecule has 2 aromatic carbocycles. The molecular weight excluding hydrogens is 545 g/mol. The average molecular weight is 569 g/mol. The molecule has 6 nitrogen and oxygen atoms in total. The van der Waals surface area contributed by atoms with Gasteiger partial charge in [0.25, 0.3) is 0 Å². The van der Waals surface area contributed by atoms with Crippen LogP contribution in [-0.2, 0) is 12.7 Å². The van der Waals surface area contributed by atoms with Crippen LogP contribution in [0.2, 0.25) is 0 Å². The van der Waals surface area contributed by atoms with Crippen LogP contribution in [0.15, 0.2) is 46.9 Å². The zero-order chi connectivity index (χ0) is 26.2. The second-order valence-corrected chi connectivity index (χ2v) is 10.3. The summed E-state index contributed by atoms with van der Waals surface area (Å²) >= 11 is 3.49. The summed E-state index contributed by atoms with van der Waals surface area (Å²) in [7, 11) is 0. The van der Waals surface area contributed by atoms with Crippen LogP contribution in [0.1, 0.15) is 48.2 Å². The van der Waals surface area contributed by atoms with E-state index in [0.29, 0.717) is 40.8 Å². The van der Waals surface area contributed by atoms with Gasteiger partial charge in [0.2, 0.25) is 5.82 Å². The molecule has 1 aliphatic carbocycles. The maximum atomic E-state index is 13.1. The van der Waals surface area contributed by atoms with E-state index in [-0.39, 0.29) is 12.4 Å². The second-order valence-electron chi connectivity index (χ2n) is 9.37. The van der Waals surface area contributed by atoms with Crippen molar-refractivity contribution in [2.75, 3.05) is 11.9 Å². The molecule has 0 bridgehead atoms. The summed E-state index contributed by atoms with van der Waals surface area (Å²) in [5.41, 5.74) is 2.77. The highest BCUT2D eigenvalue weighted by Crippen LogP contribution is 2.34. The summed E-state index contributed by atoms with van der Waals surface area (Å²) in [4.78, 5) is 13.6. The number of rotatable bonds is 7. The van der Waals surface area contributed by atoms with Crippen molar-refractivity contribution in [1.29, 1.82) is 5.26 Å². The molecule has 1 N–H and O–H groups in total. The van der Waals surface area contributed by atoms with Crippen LogP contribution < -0.4 is 5.32 Å². The van der Waals surface area contributed by atoms with Crippen molar-refractivity contribution < 1.29 is 13.2 Å². The molecule has 0 spiro atoms. The highest BCUT2D eigenvalue weighted by molar-refractivity contribution is 9.10. The first-order valence-corrected chi connectivity index (χ1v) is 12.9. The lowest BCUT2D eigenvalue weighted by Crippen LogP contribution is -2.17. The first kappa shape index (κ1) is 25.2.